The van der Waals surface area contributed by atoms with E-state index in [0.717, 1.165) is 15.6 Å². The summed E-state index contributed by atoms with van der Waals surface area (Å²) >= 11 is 6.00. The second-order valence-electron chi connectivity index (χ2n) is 7.97. The summed E-state index contributed by atoms with van der Waals surface area (Å²) in [5.41, 5.74) is 2.32. The van der Waals surface area contributed by atoms with Crippen LogP contribution in [0.5, 0.6) is 0 Å². The van der Waals surface area contributed by atoms with E-state index in [0.29, 0.717) is 28.6 Å². The van der Waals surface area contributed by atoms with Crippen LogP contribution in [0, 0.1) is 13.8 Å². The van der Waals surface area contributed by atoms with Crippen molar-refractivity contribution in [2.45, 2.75) is 37.8 Å². The van der Waals surface area contributed by atoms with Gasteiger partial charge in [0.05, 0.1) is 23.4 Å². The van der Waals surface area contributed by atoms with Crippen molar-refractivity contribution in [3.8, 4) is 0 Å². The summed E-state index contributed by atoms with van der Waals surface area (Å²) < 4.78 is 33.5. The molecule has 2 aromatic heterocycles. The number of amides is 1. The average molecular weight is 490 g/mol. The highest BCUT2D eigenvalue weighted by Crippen LogP contribution is 2.33. The number of nitrogens with zero attached hydrogens (tertiary/aromatic N) is 5. The van der Waals surface area contributed by atoms with Crippen LogP contribution in [-0.2, 0) is 21.4 Å². The number of benzene rings is 1. The number of aryl methyl sites for hydroxylation is 1. The van der Waals surface area contributed by atoms with Gasteiger partial charge in [0.25, 0.3) is 5.91 Å². The summed E-state index contributed by atoms with van der Waals surface area (Å²) in [6.07, 6.45) is 2.02. The molecule has 174 valence electrons. The Bertz CT molecular complexity index is 1310. The SMILES string of the molecule is Cc1nn(CC(=O)N2N=C(c3ccc(Cl)cc3)C[C@H]2c2ccco2)c(C)c1S(=O)(=O)N(C)C. The zero-order valence-electron chi connectivity index (χ0n) is 18.7. The van der Waals surface area contributed by atoms with Gasteiger partial charge in [-0.2, -0.15) is 10.2 Å². The van der Waals surface area contributed by atoms with E-state index in [1.54, 1.807) is 44.4 Å². The number of hydrazone groups is 1. The molecule has 0 N–H and O–H groups in total. The van der Waals surface area contributed by atoms with Crippen LogP contribution >= 0.6 is 11.6 Å². The van der Waals surface area contributed by atoms with Crippen LogP contribution in [0.1, 0.15) is 35.2 Å². The molecule has 1 atom stereocenters. The van der Waals surface area contributed by atoms with E-state index in [-0.39, 0.29) is 17.3 Å². The second kappa shape index (κ2) is 8.77. The summed E-state index contributed by atoms with van der Waals surface area (Å²) in [6.45, 7) is 3.09. The van der Waals surface area contributed by atoms with Crippen molar-refractivity contribution < 1.29 is 17.6 Å². The predicted molar refractivity (Wildman–Crippen MR) is 123 cm³/mol. The van der Waals surface area contributed by atoms with Crippen molar-refractivity contribution >= 4 is 33.2 Å². The van der Waals surface area contributed by atoms with Crippen molar-refractivity contribution in [1.29, 1.82) is 0 Å². The van der Waals surface area contributed by atoms with E-state index in [1.165, 1.54) is 23.8 Å². The molecule has 9 nitrogen and oxygen atoms in total. The first kappa shape index (κ1) is 23.2. The van der Waals surface area contributed by atoms with Crippen LogP contribution in [0.3, 0.4) is 0 Å². The third kappa shape index (κ3) is 4.33. The number of aromatic nitrogens is 2. The van der Waals surface area contributed by atoms with Crippen LogP contribution in [0.2, 0.25) is 5.02 Å². The number of carbonyl (C=O) groups is 1. The van der Waals surface area contributed by atoms with Gasteiger partial charge in [-0.25, -0.2) is 17.7 Å². The lowest BCUT2D eigenvalue weighted by molar-refractivity contribution is -0.134. The maximum Gasteiger partial charge on any atom is 0.265 e. The number of hydrogen-bond donors (Lipinski definition) is 0. The summed E-state index contributed by atoms with van der Waals surface area (Å²) in [4.78, 5) is 13.4. The zero-order chi connectivity index (χ0) is 23.9. The molecule has 0 spiro atoms. The Morgan fingerprint density at radius 3 is 2.52 bits per heavy atom. The molecule has 0 fully saturated rings. The number of halogens is 1. The maximum atomic E-state index is 13.3. The molecule has 0 saturated heterocycles. The fourth-order valence-electron chi connectivity index (χ4n) is 3.85. The van der Waals surface area contributed by atoms with E-state index in [4.69, 9.17) is 16.0 Å². The standard InChI is InChI=1S/C22H24ClN5O4S/c1-14-22(33(30,31)26(3)4)15(2)27(24-14)13-21(29)28-19(20-6-5-11-32-20)12-18(25-28)16-7-9-17(23)10-8-16/h5-11,19H,12-13H2,1-4H3/t19-/m0/s1. The first-order valence-electron chi connectivity index (χ1n) is 10.2. The van der Waals surface area contributed by atoms with Gasteiger partial charge >= 0.3 is 0 Å². The van der Waals surface area contributed by atoms with Gasteiger partial charge in [-0.15, -0.1) is 0 Å². The van der Waals surface area contributed by atoms with Crippen molar-refractivity contribution in [3.63, 3.8) is 0 Å². The summed E-state index contributed by atoms with van der Waals surface area (Å²) in [5, 5.41) is 10.9. The quantitative estimate of drug-likeness (QED) is 0.528. The molecule has 1 aromatic carbocycles. The van der Waals surface area contributed by atoms with Crippen LogP contribution < -0.4 is 0 Å². The van der Waals surface area contributed by atoms with E-state index in [1.807, 2.05) is 12.1 Å². The predicted octanol–water partition coefficient (Wildman–Crippen LogP) is 3.37. The lowest BCUT2D eigenvalue weighted by Gasteiger charge is -2.20. The third-order valence-corrected chi connectivity index (χ3v) is 7.87. The Kier molecular flexibility index (Phi) is 6.17. The van der Waals surface area contributed by atoms with E-state index in [2.05, 4.69) is 10.2 Å². The lowest BCUT2D eigenvalue weighted by Crippen LogP contribution is -2.31. The molecular formula is C22H24ClN5O4S. The highest BCUT2D eigenvalue weighted by molar-refractivity contribution is 7.89. The summed E-state index contributed by atoms with van der Waals surface area (Å²) in [6, 6.07) is 10.4. The molecule has 1 aliphatic heterocycles. The molecule has 11 heteroatoms. The first-order valence-corrected chi connectivity index (χ1v) is 12.1. The first-order chi connectivity index (χ1) is 15.6. The molecule has 4 rings (SSSR count). The molecule has 1 amide bonds. The Balaban J connectivity index is 1.66. The number of carbonyl (C=O) groups excluding carboxylic acids is 1. The topological polar surface area (TPSA) is 101 Å². The third-order valence-electron chi connectivity index (χ3n) is 5.55. The highest BCUT2D eigenvalue weighted by Gasteiger charge is 2.36. The van der Waals surface area contributed by atoms with Gasteiger partial charge in [0.2, 0.25) is 10.0 Å². The Morgan fingerprint density at radius 1 is 1.21 bits per heavy atom. The van der Waals surface area contributed by atoms with Crippen molar-refractivity contribution in [2.75, 3.05) is 14.1 Å². The summed E-state index contributed by atoms with van der Waals surface area (Å²) in [7, 11) is -0.775. The van der Waals surface area contributed by atoms with Gasteiger partial charge in [0, 0.05) is 25.5 Å². The highest BCUT2D eigenvalue weighted by atomic mass is 35.5. The number of sulfonamides is 1. The Labute approximate surface area is 197 Å². The second-order valence-corrected chi connectivity index (χ2v) is 10.5. The van der Waals surface area contributed by atoms with Crippen molar-refractivity contribution in [1.82, 2.24) is 19.1 Å². The molecule has 0 unspecified atom stereocenters. The van der Waals surface area contributed by atoms with Gasteiger partial charge in [-0.3, -0.25) is 9.48 Å². The van der Waals surface area contributed by atoms with E-state index in [9.17, 15) is 13.2 Å². The minimum Gasteiger partial charge on any atom is -0.467 e. The smallest absolute Gasteiger partial charge is 0.265 e. The fraction of sp³-hybridized carbons (Fsp3) is 0.318. The molecule has 0 aliphatic carbocycles. The molecule has 33 heavy (non-hydrogen) atoms. The largest absolute Gasteiger partial charge is 0.467 e. The average Bonchev–Trinajstić information content (AvgIpc) is 3.48. The minimum atomic E-state index is -3.70. The monoisotopic (exact) mass is 489 g/mol. The van der Waals surface area contributed by atoms with Gasteiger partial charge in [-0.05, 0) is 43.7 Å². The molecular weight excluding hydrogens is 466 g/mol. The van der Waals surface area contributed by atoms with Gasteiger partial charge in [0.15, 0.2) is 0 Å². The van der Waals surface area contributed by atoms with Crippen molar-refractivity contribution in [2.24, 2.45) is 5.10 Å². The zero-order valence-corrected chi connectivity index (χ0v) is 20.3. The van der Waals surface area contributed by atoms with E-state index >= 15 is 0 Å². The Hall–Kier alpha value is -2.95. The molecule has 0 radical (unpaired) electrons. The van der Waals surface area contributed by atoms with Gasteiger partial charge < -0.3 is 4.42 Å². The molecule has 1 aliphatic rings. The molecule has 0 saturated carbocycles. The number of rotatable bonds is 6. The Morgan fingerprint density at radius 2 is 1.91 bits per heavy atom. The van der Waals surface area contributed by atoms with Crippen LogP contribution in [-0.4, -0.2) is 53.2 Å². The fourth-order valence-corrected chi connectivity index (χ4v) is 5.23. The number of hydrogen-bond acceptors (Lipinski definition) is 6. The van der Waals surface area contributed by atoms with Crippen molar-refractivity contribution in [3.05, 3.63) is 70.4 Å². The lowest BCUT2D eigenvalue weighted by atomic mass is 10.0. The molecule has 3 aromatic rings. The number of furan rings is 1. The normalized spacial score (nSPS) is 16.5. The molecule has 0 bridgehead atoms. The maximum absolute atomic E-state index is 13.3. The minimum absolute atomic E-state index is 0.106. The summed E-state index contributed by atoms with van der Waals surface area (Å²) in [5.74, 6) is 0.278. The van der Waals surface area contributed by atoms with Gasteiger partial charge in [0.1, 0.15) is 23.2 Å². The van der Waals surface area contributed by atoms with Crippen LogP contribution in [0.4, 0.5) is 0 Å². The van der Waals surface area contributed by atoms with Gasteiger partial charge in [-0.1, -0.05) is 23.7 Å². The van der Waals surface area contributed by atoms with E-state index < -0.39 is 16.1 Å². The molecule has 3 heterocycles. The van der Waals surface area contributed by atoms with Crippen LogP contribution in [0.25, 0.3) is 0 Å². The van der Waals surface area contributed by atoms with Crippen LogP contribution in [0.15, 0.2) is 57.1 Å².